The second-order valence-corrected chi connectivity index (χ2v) is 7.64. The number of hydrogen-bond donors (Lipinski definition) is 1. The second-order valence-electron chi connectivity index (χ2n) is 5.41. The van der Waals surface area contributed by atoms with E-state index in [4.69, 9.17) is 4.74 Å². The van der Waals surface area contributed by atoms with Crippen molar-refractivity contribution in [2.45, 2.75) is 45.8 Å². The Morgan fingerprint density at radius 1 is 1.39 bits per heavy atom. The minimum absolute atomic E-state index is 0.0859. The molecule has 0 amide bonds. The highest BCUT2D eigenvalue weighted by atomic mass is 32.2. The van der Waals surface area contributed by atoms with Gasteiger partial charge in [-0.25, -0.2) is 8.42 Å². The molecule has 0 aromatic heterocycles. The number of hydrogen-bond acceptors (Lipinski definition) is 5. The van der Waals surface area contributed by atoms with Gasteiger partial charge in [0, 0.05) is 6.04 Å². The standard InChI is InChI=1S/C12H23NO4S/c1-9(2)6-10(3)17-12(14)7-13-11-4-5-18(15,16)8-11/h9-11,13H,4-8H2,1-3H3. The van der Waals surface area contributed by atoms with E-state index >= 15 is 0 Å². The smallest absolute Gasteiger partial charge is 0.320 e. The third-order valence-corrected chi connectivity index (χ3v) is 4.67. The van der Waals surface area contributed by atoms with E-state index in [-0.39, 0.29) is 36.2 Å². The number of sulfone groups is 1. The average molecular weight is 277 g/mol. The molecule has 1 aliphatic heterocycles. The molecule has 1 heterocycles. The zero-order valence-corrected chi connectivity index (χ0v) is 12.1. The molecule has 0 aromatic rings. The summed E-state index contributed by atoms with van der Waals surface area (Å²) < 4.78 is 27.7. The Bertz CT molecular complexity index is 378. The van der Waals surface area contributed by atoms with E-state index in [0.717, 1.165) is 6.42 Å². The summed E-state index contributed by atoms with van der Waals surface area (Å²) in [4.78, 5) is 11.5. The molecule has 0 saturated carbocycles. The number of carbonyl (C=O) groups is 1. The second kappa shape index (κ2) is 6.52. The minimum Gasteiger partial charge on any atom is -0.462 e. The molecule has 1 rings (SSSR count). The van der Waals surface area contributed by atoms with Crippen molar-refractivity contribution >= 4 is 15.8 Å². The quantitative estimate of drug-likeness (QED) is 0.725. The van der Waals surface area contributed by atoms with Crippen molar-refractivity contribution in [1.29, 1.82) is 0 Å². The third-order valence-electron chi connectivity index (χ3n) is 2.90. The van der Waals surface area contributed by atoms with E-state index in [1.807, 2.05) is 6.92 Å². The predicted molar refractivity (Wildman–Crippen MR) is 70.1 cm³/mol. The highest BCUT2D eigenvalue weighted by Crippen LogP contribution is 2.11. The predicted octanol–water partition coefficient (Wildman–Crippen LogP) is 0.741. The fraction of sp³-hybridized carbons (Fsp3) is 0.917. The summed E-state index contributed by atoms with van der Waals surface area (Å²) in [6.07, 6.45) is 1.33. The van der Waals surface area contributed by atoms with Crippen LogP contribution in [0.4, 0.5) is 0 Å². The van der Waals surface area contributed by atoms with Gasteiger partial charge in [-0.1, -0.05) is 13.8 Å². The highest BCUT2D eigenvalue weighted by Gasteiger charge is 2.27. The van der Waals surface area contributed by atoms with E-state index in [0.29, 0.717) is 12.3 Å². The van der Waals surface area contributed by atoms with Crippen molar-refractivity contribution in [3.8, 4) is 0 Å². The Labute approximate surface area is 109 Å². The molecule has 18 heavy (non-hydrogen) atoms. The fourth-order valence-electron chi connectivity index (χ4n) is 2.16. The Hall–Kier alpha value is -0.620. The Morgan fingerprint density at radius 3 is 2.56 bits per heavy atom. The fourth-order valence-corrected chi connectivity index (χ4v) is 3.87. The molecule has 1 aliphatic rings. The van der Waals surface area contributed by atoms with Crippen molar-refractivity contribution in [2.75, 3.05) is 18.1 Å². The zero-order chi connectivity index (χ0) is 13.8. The number of nitrogens with one attached hydrogen (secondary N) is 1. The molecule has 0 bridgehead atoms. The molecular weight excluding hydrogens is 254 g/mol. The largest absolute Gasteiger partial charge is 0.462 e. The van der Waals surface area contributed by atoms with Gasteiger partial charge in [0.15, 0.2) is 9.84 Å². The lowest BCUT2D eigenvalue weighted by Gasteiger charge is -2.16. The van der Waals surface area contributed by atoms with Gasteiger partial charge in [-0.05, 0) is 25.7 Å². The summed E-state index contributed by atoms with van der Waals surface area (Å²) in [5.41, 5.74) is 0. The van der Waals surface area contributed by atoms with Gasteiger partial charge in [0.1, 0.15) is 0 Å². The molecule has 1 fully saturated rings. The Kier molecular flexibility index (Phi) is 5.59. The van der Waals surface area contributed by atoms with E-state index in [9.17, 15) is 13.2 Å². The number of esters is 1. The topological polar surface area (TPSA) is 72.5 Å². The summed E-state index contributed by atoms with van der Waals surface area (Å²) >= 11 is 0. The number of rotatable bonds is 6. The normalized spacial score (nSPS) is 24.1. The molecule has 0 spiro atoms. The van der Waals surface area contributed by atoms with Crippen molar-refractivity contribution < 1.29 is 17.9 Å². The van der Waals surface area contributed by atoms with Crippen LogP contribution < -0.4 is 5.32 Å². The molecule has 2 atom stereocenters. The maximum absolute atomic E-state index is 11.5. The summed E-state index contributed by atoms with van der Waals surface area (Å²) in [7, 11) is -2.90. The van der Waals surface area contributed by atoms with Gasteiger partial charge in [0.05, 0.1) is 24.2 Å². The highest BCUT2D eigenvalue weighted by molar-refractivity contribution is 7.91. The first kappa shape index (κ1) is 15.4. The van der Waals surface area contributed by atoms with Gasteiger partial charge in [0.2, 0.25) is 0 Å². The molecule has 1 N–H and O–H groups in total. The van der Waals surface area contributed by atoms with Crippen LogP contribution >= 0.6 is 0 Å². The first-order chi connectivity index (χ1) is 8.28. The van der Waals surface area contributed by atoms with Gasteiger partial charge in [-0.2, -0.15) is 0 Å². The lowest BCUT2D eigenvalue weighted by molar-refractivity contribution is -0.147. The Balaban J connectivity index is 2.22. The molecule has 0 aromatic carbocycles. The summed E-state index contributed by atoms with van der Waals surface area (Å²) in [6, 6.07) is -0.108. The van der Waals surface area contributed by atoms with Crippen molar-refractivity contribution in [3.05, 3.63) is 0 Å². The average Bonchev–Trinajstić information content (AvgIpc) is 2.54. The van der Waals surface area contributed by atoms with Crippen LogP contribution in [-0.2, 0) is 19.4 Å². The van der Waals surface area contributed by atoms with Gasteiger partial charge >= 0.3 is 5.97 Å². The van der Waals surface area contributed by atoms with Crippen LogP contribution in [0.2, 0.25) is 0 Å². The zero-order valence-electron chi connectivity index (χ0n) is 11.3. The van der Waals surface area contributed by atoms with Gasteiger partial charge in [-0.15, -0.1) is 0 Å². The van der Waals surface area contributed by atoms with Crippen LogP contribution in [0.5, 0.6) is 0 Å². The van der Waals surface area contributed by atoms with Crippen molar-refractivity contribution in [3.63, 3.8) is 0 Å². The molecule has 0 aliphatic carbocycles. The lowest BCUT2D eigenvalue weighted by atomic mass is 10.1. The molecular formula is C12H23NO4S. The summed E-state index contributed by atoms with van der Waals surface area (Å²) in [5, 5.41) is 2.94. The number of carbonyl (C=O) groups excluding carboxylic acids is 1. The lowest BCUT2D eigenvalue weighted by Crippen LogP contribution is -2.36. The van der Waals surface area contributed by atoms with Crippen molar-refractivity contribution in [1.82, 2.24) is 5.32 Å². The van der Waals surface area contributed by atoms with Crippen LogP contribution in [0, 0.1) is 5.92 Å². The molecule has 1 saturated heterocycles. The van der Waals surface area contributed by atoms with E-state index in [1.165, 1.54) is 0 Å². The van der Waals surface area contributed by atoms with Gasteiger partial charge in [0.25, 0.3) is 0 Å². The van der Waals surface area contributed by atoms with E-state index in [2.05, 4.69) is 19.2 Å². The summed E-state index contributed by atoms with van der Waals surface area (Å²) in [6.45, 7) is 6.11. The minimum atomic E-state index is -2.90. The Morgan fingerprint density at radius 2 is 2.06 bits per heavy atom. The molecule has 6 heteroatoms. The molecule has 5 nitrogen and oxygen atoms in total. The van der Waals surface area contributed by atoms with Crippen LogP contribution in [0.1, 0.15) is 33.6 Å². The first-order valence-corrected chi connectivity index (χ1v) is 8.24. The van der Waals surface area contributed by atoms with Crippen LogP contribution in [0.25, 0.3) is 0 Å². The van der Waals surface area contributed by atoms with Crippen molar-refractivity contribution in [2.24, 2.45) is 5.92 Å². The maximum atomic E-state index is 11.5. The third kappa shape index (κ3) is 5.82. The monoisotopic (exact) mass is 277 g/mol. The molecule has 2 unspecified atom stereocenters. The van der Waals surface area contributed by atoms with Crippen LogP contribution in [0.15, 0.2) is 0 Å². The first-order valence-electron chi connectivity index (χ1n) is 6.42. The number of ether oxygens (including phenoxy) is 1. The SMILES string of the molecule is CC(C)CC(C)OC(=O)CNC1CCS(=O)(=O)C1. The van der Waals surface area contributed by atoms with E-state index in [1.54, 1.807) is 0 Å². The van der Waals surface area contributed by atoms with E-state index < -0.39 is 9.84 Å². The maximum Gasteiger partial charge on any atom is 0.320 e. The van der Waals surface area contributed by atoms with Gasteiger partial charge < -0.3 is 10.1 Å². The van der Waals surface area contributed by atoms with Gasteiger partial charge in [-0.3, -0.25) is 4.79 Å². The van der Waals surface area contributed by atoms with Crippen LogP contribution in [-0.4, -0.2) is 44.6 Å². The molecule has 0 radical (unpaired) electrons. The van der Waals surface area contributed by atoms with Crippen LogP contribution in [0.3, 0.4) is 0 Å². The molecule has 106 valence electrons. The summed E-state index contributed by atoms with van der Waals surface area (Å²) in [5.74, 6) is 0.513.